The average Bonchev–Trinajstić information content (AvgIpc) is 3.06. The van der Waals surface area contributed by atoms with Crippen molar-refractivity contribution >= 4 is 28.1 Å². The molecule has 192 valence electrons. The van der Waals surface area contributed by atoms with Crippen molar-refractivity contribution in [3.63, 3.8) is 0 Å². The predicted octanol–water partition coefficient (Wildman–Crippen LogP) is 8.87. The Hall–Kier alpha value is -5.68. The SMILES string of the molecule is c1ccc(-c2cc3c4c(cncc4c2)N(c2nc(-c4ccccc4)nc(-c4ccccc4)n2)c2ccccc2-3)cc1. The third-order valence-corrected chi connectivity index (χ3v) is 7.51. The Morgan fingerprint density at radius 2 is 1.02 bits per heavy atom. The van der Waals surface area contributed by atoms with Crippen molar-refractivity contribution in [3.8, 4) is 45.0 Å². The van der Waals surface area contributed by atoms with Gasteiger partial charge in [0.1, 0.15) is 0 Å². The predicted molar refractivity (Wildman–Crippen MR) is 165 cm³/mol. The smallest absolute Gasteiger partial charge is 0.238 e. The molecule has 5 aromatic carbocycles. The first-order valence-corrected chi connectivity index (χ1v) is 13.6. The number of nitrogens with zero attached hydrogens (tertiary/aromatic N) is 5. The second-order valence-electron chi connectivity index (χ2n) is 10.0. The molecule has 0 N–H and O–H groups in total. The molecule has 5 nitrogen and oxygen atoms in total. The Morgan fingerprint density at radius 1 is 0.439 bits per heavy atom. The summed E-state index contributed by atoms with van der Waals surface area (Å²) in [6.07, 6.45) is 3.86. The molecule has 7 aromatic rings. The molecule has 0 radical (unpaired) electrons. The van der Waals surface area contributed by atoms with Crippen LogP contribution < -0.4 is 4.90 Å². The molecule has 8 rings (SSSR count). The van der Waals surface area contributed by atoms with E-state index in [0.717, 1.165) is 44.4 Å². The summed E-state index contributed by atoms with van der Waals surface area (Å²) in [6, 6.07) is 43.6. The van der Waals surface area contributed by atoms with E-state index in [1.807, 2.05) is 79.1 Å². The Kier molecular flexibility index (Phi) is 5.38. The highest BCUT2D eigenvalue weighted by molar-refractivity contribution is 6.14. The molecule has 2 aromatic heterocycles. The molecule has 0 spiro atoms. The molecule has 0 saturated heterocycles. The van der Waals surface area contributed by atoms with Crippen molar-refractivity contribution in [2.75, 3.05) is 4.90 Å². The number of aromatic nitrogens is 4. The highest BCUT2D eigenvalue weighted by Gasteiger charge is 2.29. The first kappa shape index (κ1) is 23.2. The fourth-order valence-corrected chi connectivity index (χ4v) is 5.62. The van der Waals surface area contributed by atoms with Gasteiger partial charge in [-0.3, -0.25) is 9.88 Å². The van der Waals surface area contributed by atoms with Crippen LogP contribution in [-0.2, 0) is 0 Å². The third kappa shape index (κ3) is 3.95. The number of hydrogen-bond donors (Lipinski definition) is 0. The molecule has 5 heteroatoms. The number of rotatable bonds is 4. The molecular weight excluding hydrogens is 502 g/mol. The Bertz CT molecular complexity index is 1980. The minimum atomic E-state index is 0.553. The maximum atomic E-state index is 5.05. The molecule has 41 heavy (non-hydrogen) atoms. The van der Waals surface area contributed by atoms with Crippen LogP contribution >= 0.6 is 0 Å². The van der Waals surface area contributed by atoms with Crippen LogP contribution in [0.3, 0.4) is 0 Å². The van der Waals surface area contributed by atoms with E-state index >= 15 is 0 Å². The number of anilines is 3. The summed E-state index contributed by atoms with van der Waals surface area (Å²) >= 11 is 0. The maximum Gasteiger partial charge on any atom is 0.238 e. The molecule has 0 fully saturated rings. The van der Waals surface area contributed by atoms with E-state index in [0.29, 0.717) is 17.6 Å². The van der Waals surface area contributed by atoms with Crippen molar-refractivity contribution in [2.45, 2.75) is 0 Å². The maximum absolute atomic E-state index is 5.05. The lowest BCUT2D eigenvalue weighted by molar-refractivity contribution is 1.02. The largest absolute Gasteiger partial charge is 0.276 e. The Morgan fingerprint density at radius 3 is 1.68 bits per heavy atom. The summed E-state index contributed by atoms with van der Waals surface area (Å²) in [5, 5.41) is 2.19. The van der Waals surface area contributed by atoms with E-state index in [1.54, 1.807) is 0 Å². The molecular formula is C36H23N5. The zero-order valence-electron chi connectivity index (χ0n) is 22.0. The lowest BCUT2D eigenvalue weighted by Gasteiger charge is -2.32. The van der Waals surface area contributed by atoms with Crippen LogP contribution in [-0.4, -0.2) is 19.9 Å². The van der Waals surface area contributed by atoms with Crippen LogP contribution in [0.1, 0.15) is 0 Å². The van der Waals surface area contributed by atoms with E-state index in [4.69, 9.17) is 19.9 Å². The second-order valence-corrected chi connectivity index (χ2v) is 10.0. The van der Waals surface area contributed by atoms with Gasteiger partial charge in [-0.1, -0.05) is 109 Å². The molecule has 0 saturated carbocycles. The summed E-state index contributed by atoms with van der Waals surface area (Å²) in [5.74, 6) is 1.80. The first-order chi connectivity index (χ1) is 20.3. The van der Waals surface area contributed by atoms with Gasteiger partial charge in [-0.05, 0) is 34.9 Å². The Balaban J connectivity index is 1.41. The van der Waals surface area contributed by atoms with Gasteiger partial charge in [0.25, 0.3) is 0 Å². The van der Waals surface area contributed by atoms with Gasteiger partial charge in [0.15, 0.2) is 11.6 Å². The van der Waals surface area contributed by atoms with Gasteiger partial charge in [0.05, 0.1) is 17.6 Å². The van der Waals surface area contributed by atoms with Crippen LogP contribution in [0.2, 0.25) is 0 Å². The van der Waals surface area contributed by atoms with Crippen LogP contribution in [0.5, 0.6) is 0 Å². The van der Waals surface area contributed by atoms with Gasteiger partial charge in [0, 0.05) is 33.7 Å². The number of para-hydroxylation sites is 1. The van der Waals surface area contributed by atoms with E-state index < -0.39 is 0 Å². The van der Waals surface area contributed by atoms with Gasteiger partial charge in [-0.25, -0.2) is 4.98 Å². The highest BCUT2D eigenvalue weighted by atomic mass is 15.3. The monoisotopic (exact) mass is 525 g/mol. The normalized spacial score (nSPS) is 11.9. The lowest BCUT2D eigenvalue weighted by atomic mass is 9.89. The molecule has 1 aliphatic heterocycles. The minimum absolute atomic E-state index is 0.553. The van der Waals surface area contributed by atoms with Gasteiger partial charge in [0.2, 0.25) is 5.95 Å². The number of pyridine rings is 1. The second kappa shape index (κ2) is 9.50. The van der Waals surface area contributed by atoms with E-state index in [2.05, 4.69) is 65.6 Å². The first-order valence-electron chi connectivity index (χ1n) is 13.6. The number of benzene rings is 5. The van der Waals surface area contributed by atoms with Gasteiger partial charge in [-0.15, -0.1) is 0 Å². The summed E-state index contributed by atoms with van der Waals surface area (Å²) in [7, 11) is 0. The van der Waals surface area contributed by atoms with Crippen LogP contribution in [0.25, 0.3) is 55.8 Å². The molecule has 0 amide bonds. The van der Waals surface area contributed by atoms with E-state index in [1.165, 1.54) is 11.1 Å². The van der Waals surface area contributed by atoms with Crippen molar-refractivity contribution in [2.24, 2.45) is 0 Å². The summed E-state index contributed by atoms with van der Waals surface area (Å²) in [5.41, 5.74) is 8.44. The summed E-state index contributed by atoms with van der Waals surface area (Å²) in [6.45, 7) is 0. The molecule has 0 atom stereocenters. The average molecular weight is 526 g/mol. The lowest BCUT2D eigenvalue weighted by Crippen LogP contribution is -2.19. The molecule has 0 unspecified atom stereocenters. The molecule has 0 bridgehead atoms. The van der Waals surface area contributed by atoms with Crippen molar-refractivity contribution in [1.29, 1.82) is 0 Å². The Labute approximate surface area is 237 Å². The van der Waals surface area contributed by atoms with Gasteiger partial charge < -0.3 is 0 Å². The molecule has 0 aliphatic carbocycles. The van der Waals surface area contributed by atoms with Crippen LogP contribution in [0.15, 0.2) is 140 Å². The van der Waals surface area contributed by atoms with Crippen molar-refractivity contribution in [1.82, 2.24) is 19.9 Å². The van der Waals surface area contributed by atoms with E-state index in [9.17, 15) is 0 Å². The van der Waals surface area contributed by atoms with Crippen molar-refractivity contribution < 1.29 is 0 Å². The zero-order valence-corrected chi connectivity index (χ0v) is 22.0. The van der Waals surface area contributed by atoms with E-state index in [-0.39, 0.29) is 0 Å². The number of hydrogen-bond acceptors (Lipinski definition) is 5. The summed E-state index contributed by atoms with van der Waals surface area (Å²) in [4.78, 5) is 21.8. The molecule has 3 heterocycles. The fourth-order valence-electron chi connectivity index (χ4n) is 5.62. The van der Waals surface area contributed by atoms with Crippen LogP contribution in [0.4, 0.5) is 17.3 Å². The third-order valence-electron chi connectivity index (χ3n) is 7.51. The van der Waals surface area contributed by atoms with Crippen molar-refractivity contribution in [3.05, 3.63) is 140 Å². The summed E-state index contributed by atoms with van der Waals surface area (Å²) < 4.78 is 0. The minimum Gasteiger partial charge on any atom is -0.276 e. The van der Waals surface area contributed by atoms with Gasteiger partial charge >= 0.3 is 0 Å². The fraction of sp³-hybridized carbons (Fsp3) is 0. The van der Waals surface area contributed by atoms with Crippen LogP contribution in [0, 0.1) is 0 Å². The quantitative estimate of drug-likeness (QED) is 0.230. The number of fused-ring (bicyclic) bond motifs is 2. The van der Waals surface area contributed by atoms with Gasteiger partial charge in [-0.2, -0.15) is 9.97 Å². The molecule has 1 aliphatic rings. The standard InChI is InChI=1S/C36H23N5/c1-4-12-24(13-5-1)27-20-28-22-37-23-32-33(28)30(21-27)29-18-10-11-19-31(29)41(32)36-39-34(25-14-6-2-7-15-25)38-35(40-36)26-16-8-3-9-17-26/h1-23H. The highest BCUT2D eigenvalue weighted by Crippen LogP contribution is 2.51. The topological polar surface area (TPSA) is 54.8 Å². The zero-order chi connectivity index (χ0) is 27.2.